The lowest BCUT2D eigenvalue weighted by Gasteiger charge is -2.22. The van der Waals surface area contributed by atoms with Crippen molar-refractivity contribution in [3.63, 3.8) is 0 Å². The number of nitrogens with zero attached hydrogens (tertiary/aromatic N) is 1. The van der Waals surface area contributed by atoms with Crippen molar-refractivity contribution in [3.05, 3.63) is 29.8 Å². The van der Waals surface area contributed by atoms with Gasteiger partial charge in [0.1, 0.15) is 5.75 Å². The number of alkyl halides is 2. The predicted molar refractivity (Wildman–Crippen MR) is 89.1 cm³/mol. The number of likely N-dealkylation sites (N-methyl/N-ethyl adjacent to an activating group) is 1. The molecule has 2 rings (SSSR count). The molecule has 0 saturated heterocycles. The highest BCUT2D eigenvalue weighted by Crippen LogP contribution is 2.23. The van der Waals surface area contributed by atoms with Crippen LogP contribution in [0.1, 0.15) is 37.7 Å². The maximum absolute atomic E-state index is 12.1. The van der Waals surface area contributed by atoms with E-state index in [1.165, 1.54) is 23.5 Å². The van der Waals surface area contributed by atoms with Crippen LogP contribution in [0.3, 0.4) is 0 Å². The fourth-order valence-electron chi connectivity index (χ4n) is 2.95. The van der Waals surface area contributed by atoms with E-state index < -0.39 is 6.61 Å². The Balaban J connectivity index is 1.76. The highest BCUT2D eigenvalue weighted by atomic mass is 19.3. The summed E-state index contributed by atoms with van der Waals surface area (Å²) < 4.78 is 28.5. The van der Waals surface area contributed by atoms with E-state index in [-0.39, 0.29) is 30.0 Å². The van der Waals surface area contributed by atoms with Crippen molar-refractivity contribution in [2.24, 2.45) is 5.92 Å². The molecule has 0 bridgehead atoms. The van der Waals surface area contributed by atoms with E-state index in [0.29, 0.717) is 6.54 Å². The Bertz CT molecular complexity index is 572. The van der Waals surface area contributed by atoms with Crippen LogP contribution in [0, 0.1) is 5.92 Å². The first-order valence-electron chi connectivity index (χ1n) is 8.51. The molecule has 0 unspecified atom stereocenters. The Hall–Kier alpha value is -2.18. The van der Waals surface area contributed by atoms with Crippen LogP contribution in [0.2, 0.25) is 0 Å². The lowest BCUT2D eigenvalue weighted by atomic mass is 9.89. The number of rotatable bonds is 7. The van der Waals surface area contributed by atoms with Crippen LogP contribution in [0.25, 0.3) is 0 Å². The van der Waals surface area contributed by atoms with Crippen molar-refractivity contribution in [2.75, 3.05) is 13.6 Å². The van der Waals surface area contributed by atoms with E-state index in [4.69, 9.17) is 0 Å². The number of carbonyl (C=O) groups is 2. The Morgan fingerprint density at radius 2 is 1.84 bits per heavy atom. The standard InChI is InChI=1S/C18H24F2N2O3/c1-22(12-13-7-9-15(10-8-13)25-18(19)20)16(23)11-21-17(24)14-5-3-2-4-6-14/h7-10,14,18H,2-6,11-12H2,1H3,(H,21,24). The van der Waals surface area contributed by atoms with Crippen LogP contribution in [0.4, 0.5) is 8.78 Å². The number of carbonyl (C=O) groups excluding carboxylic acids is 2. The van der Waals surface area contributed by atoms with Gasteiger partial charge in [0.2, 0.25) is 11.8 Å². The number of benzene rings is 1. The Labute approximate surface area is 146 Å². The summed E-state index contributed by atoms with van der Waals surface area (Å²) in [6.07, 6.45) is 5.09. The first kappa shape index (κ1) is 19.1. The van der Waals surface area contributed by atoms with Crippen molar-refractivity contribution < 1.29 is 23.1 Å². The van der Waals surface area contributed by atoms with Crippen molar-refractivity contribution in [1.29, 1.82) is 0 Å². The SMILES string of the molecule is CN(Cc1ccc(OC(F)F)cc1)C(=O)CNC(=O)C1CCCCC1. The van der Waals surface area contributed by atoms with Gasteiger partial charge >= 0.3 is 6.61 Å². The minimum Gasteiger partial charge on any atom is -0.435 e. The molecule has 1 aromatic carbocycles. The van der Waals surface area contributed by atoms with E-state index in [1.54, 1.807) is 19.2 Å². The molecule has 0 heterocycles. The third-order valence-electron chi connectivity index (χ3n) is 4.38. The molecule has 0 atom stereocenters. The molecule has 1 aliphatic carbocycles. The van der Waals surface area contributed by atoms with Gasteiger partial charge in [-0.3, -0.25) is 9.59 Å². The van der Waals surface area contributed by atoms with Gasteiger partial charge < -0.3 is 15.0 Å². The largest absolute Gasteiger partial charge is 0.435 e. The summed E-state index contributed by atoms with van der Waals surface area (Å²) in [4.78, 5) is 25.7. The summed E-state index contributed by atoms with van der Waals surface area (Å²) in [5, 5.41) is 2.72. The topological polar surface area (TPSA) is 58.6 Å². The van der Waals surface area contributed by atoms with E-state index in [0.717, 1.165) is 31.2 Å². The molecule has 7 heteroatoms. The quantitative estimate of drug-likeness (QED) is 0.819. The summed E-state index contributed by atoms with van der Waals surface area (Å²) in [6, 6.07) is 6.12. The lowest BCUT2D eigenvalue weighted by Crippen LogP contribution is -2.40. The smallest absolute Gasteiger partial charge is 0.387 e. The lowest BCUT2D eigenvalue weighted by molar-refractivity contribution is -0.133. The molecule has 0 aromatic heterocycles. The van der Waals surface area contributed by atoms with Gasteiger partial charge in [0.15, 0.2) is 0 Å². The second kappa shape index (κ2) is 9.34. The Kier molecular flexibility index (Phi) is 7.16. The summed E-state index contributed by atoms with van der Waals surface area (Å²) in [6.45, 7) is -2.56. The molecule has 0 radical (unpaired) electrons. The van der Waals surface area contributed by atoms with Crippen molar-refractivity contribution in [2.45, 2.75) is 45.3 Å². The van der Waals surface area contributed by atoms with E-state index in [9.17, 15) is 18.4 Å². The summed E-state index contributed by atoms with van der Waals surface area (Å²) in [7, 11) is 1.64. The van der Waals surface area contributed by atoms with Crippen molar-refractivity contribution in [1.82, 2.24) is 10.2 Å². The zero-order chi connectivity index (χ0) is 18.2. The molecule has 0 aliphatic heterocycles. The summed E-state index contributed by atoms with van der Waals surface area (Å²) in [5.41, 5.74) is 0.788. The molecular weight excluding hydrogens is 330 g/mol. The number of ether oxygens (including phenoxy) is 1. The van der Waals surface area contributed by atoms with Gasteiger partial charge in [-0.25, -0.2) is 0 Å². The number of nitrogens with one attached hydrogen (secondary N) is 1. The van der Waals surface area contributed by atoms with Crippen molar-refractivity contribution >= 4 is 11.8 Å². The van der Waals surface area contributed by atoms with Gasteiger partial charge in [0.05, 0.1) is 6.54 Å². The highest BCUT2D eigenvalue weighted by Gasteiger charge is 2.21. The van der Waals surface area contributed by atoms with Crippen LogP contribution >= 0.6 is 0 Å². The molecule has 1 fully saturated rings. The normalized spacial score (nSPS) is 15.0. The number of hydrogen-bond acceptors (Lipinski definition) is 3. The maximum atomic E-state index is 12.1. The third-order valence-corrected chi connectivity index (χ3v) is 4.38. The van der Waals surface area contributed by atoms with Gasteiger partial charge in [-0.2, -0.15) is 8.78 Å². The summed E-state index contributed by atoms with van der Waals surface area (Å²) >= 11 is 0. The van der Waals surface area contributed by atoms with Crippen LogP contribution in [-0.4, -0.2) is 36.9 Å². The zero-order valence-corrected chi connectivity index (χ0v) is 14.3. The van der Waals surface area contributed by atoms with Crippen molar-refractivity contribution in [3.8, 4) is 5.75 Å². The average molecular weight is 354 g/mol. The van der Waals surface area contributed by atoms with Gasteiger partial charge in [0.25, 0.3) is 0 Å². The minimum atomic E-state index is -2.86. The van der Waals surface area contributed by atoms with E-state index in [2.05, 4.69) is 10.1 Å². The predicted octanol–water partition coefficient (Wildman–Crippen LogP) is 2.94. The van der Waals surface area contributed by atoms with Gasteiger partial charge in [0, 0.05) is 19.5 Å². The van der Waals surface area contributed by atoms with E-state index in [1.807, 2.05) is 0 Å². The van der Waals surface area contributed by atoms with Gasteiger partial charge in [-0.15, -0.1) is 0 Å². The molecule has 1 N–H and O–H groups in total. The molecule has 138 valence electrons. The van der Waals surface area contributed by atoms with Crippen LogP contribution in [0.5, 0.6) is 5.75 Å². The monoisotopic (exact) mass is 354 g/mol. The molecular formula is C18H24F2N2O3. The average Bonchev–Trinajstić information content (AvgIpc) is 2.61. The molecule has 25 heavy (non-hydrogen) atoms. The number of hydrogen-bond donors (Lipinski definition) is 1. The summed E-state index contributed by atoms with van der Waals surface area (Å²) in [5.74, 6) is -0.145. The fourth-order valence-corrected chi connectivity index (χ4v) is 2.95. The second-order valence-electron chi connectivity index (χ2n) is 6.32. The molecule has 1 saturated carbocycles. The fraction of sp³-hybridized carbons (Fsp3) is 0.556. The molecule has 1 aliphatic rings. The van der Waals surface area contributed by atoms with Gasteiger partial charge in [-0.05, 0) is 30.5 Å². The first-order valence-corrected chi connectivity index (χ1v) is 8.51. The maximum Gasteiger partial charge on any atom is 0.387 e. The first-order chi connectivity index (χ1) is 12.0. The number of amides is 2. The highest BCUT2D eigenvalue weighted by molar-refractivity contribution is 5.85. The third kappa shape index (κ3) is 6.32. The van der Waals surface area contributed by atoms with Gasteiger partial charge in [-0.1, -0.05) is 31.4 Å². The molecule has 0 spiro atoms. The Morgan fingerprint density at radius 3 is 2.44 bits per heavy atom. The number of halogens is 2. The van der Waals surface area contributed by atoms with Crippen LogP contribution < -0.4 is 10.1 Å². The Morgan fingerprint density at radius 1 is 1.20 bits per heavy atom. The second-order valence-corrected chi connectivity index (χ2v) is 6.32. The molecule has 5 nitrogen and oxygen atoms in total. The zero-order valence-electron chi connectivity index (χ0n) is 14.3. The molecule has 1 aromatic rings. The minimum absolute atomic E-state index is 0.0224. The van der Waals surface area contributed by atoms with Crippen LogP contribution in [0.15, 0.2) is 24.3 Å². The molecule has 2 amide bonds. The van der Waals surface area contributed by atoms with E-state index >= 15 is 0 Å². The van der Waals surface area contributed by atoms with Crippen LogP contribution in [-0.2, 0) is 16.1 Å².